The molecule has 2 N–H and O–H groups in total. The summed E-state index contributed by atoms with van der Waals surface area (Å²) in [5.41, 5.74) is 8.28. The number of aromatic nitrogens is 1. The van der Waals surface area contributed by atoms with Gasteiger partial charge >= 0.3 is 0 Å². The van der Waals surface area contributed by atoms with Crippen molar-refractivity contribution in [1.29, 1.82) is 0 Å². The number of hydrogen-bond donors (Lipinski definition) is 1. The van der Waals surface area contributed by atoms with Crippen LogP contribution in [0.25, 0.3) is 0 Å². The van der Waals surface area contributed by atoms with Crippen molar-refractivity contribution in [3.05, 3.63) is 41.6 Å². The Labute approximate surface area is 97.5 Å². The van der Waals surface area contributed by atoms with Gasteiger partial charge in [0.25, 0.3) is 0 Å². The molecule has 0 bridgehead atoms. The van der Waals surface area contributed by atoms with Crippen LogP contribution in [-0.4, -0.2) is 4.98 Å². The predicted molar refractivity (Wildman–Crippen MR) is 67.3 cm³/mol. The van der Waals surface area contributed by atoms with Crippen LogP contribution in [0.5, 0.6) is 0 Å². The van der Waals surface area contributed by atoms with Crippen molar-refractivity contribution in [2.24, 2.45) is 0 Å². The molecule has 0 amide bonds. The minimum atomic E-state index is 0.641. The molecule has 15 heavy (non-hydrogen) atoms. The van der Waals surface area contributed by atoms with E-state index in [-0.39, 0.29) is 0 Å². The van der Waals surface area contributed by atoms with E-state index in [2.05, 4.69) is 36.2 Å². The molecule has 0 saturated heterocycles. The highest BCUT2D eigenvalue weighted by Crippen LogP contribution is 2.29. The van der Waals surface area contributed by atoms with Crippen molar-refractivity contribution < 1.29 is 0 Å². The van der Waals surface area contributed by atoms with E-state index in [1.54, 1.807) is 23.1 Å². The lowest BCUT2D eigenvalue weighted by Gasteiger charge is -2.02. The SMILES string of the molecule is Cc1ccccc1CSc1cnc(N)s1. The molecular formula is C11H12N2S2. The molecular weight excluding hydrogens is 224 g/mol. The van der Waals surface area contributed by atoms with Crippen molar-refractivity contribution in [3.8, 4) is 0 Å². The summed E-state index contributed by atoms with van der Waals surface area (Å²) in [6, 6.07) is 8.43. The lowest BCUT2D eigenvalue weighted by molar-refractivity contribution is 1.30. The summed E-state index contributed by atoms with van der Waals surface area (Å²) >= 11 is 3.33. The van der Waals surface area contributed by atoms with E-state index in [1.165, 1.54) is 15.3 Å². The number of nitrogens with two attached hydrogens (primary N) is 1. The van der Waals surface area contributed by atoms with Crippen molar-refractivity contribution in [2.75, 3.05) is 5.73 Å². The second kappa shape index (κ2) is 4.68. The van der Waals surface area contributed by atoms with E-state index in [0.29, 0.717) is 5.13 Å². The van der Waals surface area contributed by atoms with Gasteiger partial charge in [-0.1, -0.05) is 35.6 Å². The standard InChI is InChI=1S/C11H12N2S2/c1-8-4-2-3-5-9(8)7-14-10-6-13-11(12)15-10/h2-6H,7H2,1H3,(H2,12,13). The van der Waals surface area contributed by atoms with Crippen molar-refractivity contribution in [3.63, 3.8) is 0 Å². The third-order valence-electron chi connectivity index (χ3n) is 2.13. The third kappa shape index (κ3) is 2.73. The molecule has 0 aliphatic carbocycles. The summed E-state index contributed by atoms with van der Waals surface area (Å²) in [7, 11) is 0. The molecule has 1 aromatic carbocycles. The summed E-state index contributed by atoms with van der Waals surface area (Å²) in [6.07, 6.45) is 1.84. The Hall–Kier alpha value is -1.00. The normalized spacial score (nSPS) is 10.5. The van der Waals surface area contributed by atoms with Crippen LogP contribution in [0.4, 0.5) is 5.13 Å². The first-order chi connectivity index (χ1) is 7.25. The van der Waals surface area contributed by atoms with E-state index in [4.69, 9.17) is 5.73 Å². The number of nitrogens with zero attached hydrogens (tertiary/aromatic N) is 1. The maximum atomic E-state index is 5.57. The van der Waals surface area contributed by atoms with Crippen LogP contribution >= 0.6 is 23.1 Å². The summed E-state index contributed by atoms with van der Waals surface area (Å²) < 4.78 is 1.18. The molecule has 78 valence electrons. The van der Waals surface area contributed by atoms with Crippen LogP contribution in [0.2, 0.25) is 0 Å². The summed E-state index contributed by atoms with van der Waals surface area (Å²) in [6.45, 7) is 2.14. The molecule has 1 heterocycles. The number of aryl methyl sites for hydroxylation is 1. The number of benzene rings is 1. The number of thiazole rings is 1. The van der Waals surface area contributed by atoms with Crippen LogP contribution in [0.15, 0.2) is 34.7 Å². The lowest BCUT2D eigenvalue weighted by Crippen LogP contribution is -1.83. The Kier molecular flexibility index (Phi) is 3.28. The van der Waals surface area contributed by atoms with Gasteiger partial charge in [-0.15, -0.1) is 11.8 Å². The number of nitrogen functional groups attached to an aromatic ring is 1. The molecule has 0 saturated carbocycles. The zero-order valence-electron chi connectivity index (χ0n) is 8.43. The van der Waals surface area contributed by atoms with Gasteiger partial charge in [-0.25, -0.2) is 4.98 Å². The lowest BCUT2D eigenvalue weighted by atomic mass is 10.1. The fourth-order valence-corrected chi connectivity index (χ4v) is 3.09. The maximum absolute atomic E-state index is 5.57. The first kappa shape index (κ1) is 10.5. The van der Waals surface area contributed by atoms with E-state index < -0.39 is 0 Å². The minimum Gasteiger partial charge on any atom is -0.375 e. The molecule has 0 radical (unpaired) electrons. The van der Waals surface area contributed by atoms with Gasteiger partial charge in [-0.3, -0.25) is 0 Å². The number of thioether (sulfide) groups is 1. The Balaban J connectivity index is 2.02. The highest BCUT2D eigenvalue weighted by molar-refractivity contribution is 8.00. The Bertz CT molecular complexity index is 451. The summed E-state index contributed by atoms with van der Waals surface area (Å²) in [5, 5.41) is 0.641. The Morgan fingerprint density at radius 3 is 2.87 bits per heavy atom. The van der Waals surface area contributed by atoms with Crippen LogP contribution in [0, 0.1) is 6.92 Å². The summed E-state index contributed by atoms with van der Waals surface area (Å²) in [4.78, 5) is 4.03. The van der Waals surface area contributed by atoms with Gasteiger partial charge in [0.1, 0.15) is 0 Å². The number of hydrogen-bond acceptors (Lipinski definition) is 4. The fourth-order valence-electron chi connectivity index (χ4n) is 1.26. The fraction of sp³-hybridized carbons (Fsp3) is 0.182. The molecule has 1 aromatic heterocycles. The molecule has 0 unspecified atom stereocenters. The van der Waals surface area contributed by atoms with Gasteiger partial charge in [-0.05, 0) is 18.1 Å². The molecule has 0 atom stereocenters. The smallest absolute Gasteiger partial charge is 0.181 e. The zero-order valence-corrected chi connectivity index (χ0v) is 10.1. The minimum absolute atomic E-state index is 0.641. The monoisotopic (exact) mass is 236 g/mol. The second-order valence-corrected chi connectivity index (χ2v) is 5.57. The van der Waals surface area contributed by atoms with Gasteiger partial charge in [0.15, 0.2) is 5.13 Å². The molecule has 2 aromatic rings. The zero-order chi connectivity index (χ0) is 10.7. The van der Waals surface area contributed by atoms with Crippen molar-refractivity contribution in [2.45, 2.75) is 16.9 Å². The average Bonchev–Trinajstić information content (AvgIpc) is 2.63. The molecule has 0 aliphatic rings. The highest BCUT2D eigenvalue weighted by Gasteiger charge is 2.01. The molecule has 0 fully saturated rings. The van der Waals surface area contributed by atoms with E-state index in [0.717, 1.165) is 5.75 Å². The van der Waals surface area contributed by atoms with Gasteiger partial charge in [0, 0.05) is 5.75 Å². The number of rotatable bonds is 3. The predicted octanol–water partition coefficient (Wildman–Crippen LogP) is 3.33. The van der Waals surface area contributed by atoms with E-state index in [1.807, 2.05) is 6.20 Å². The van der Waals surface area contributed by atoms with Crippen LogP contribution in [-0.2, 0) is 5.75 Å². The third-order valence-corrected chi connectivity index (χ3v) is 4.20. The second-order valence-electron chi connectivity index (χ2n) is 3.23. The molecule has 4 heteroatoms. The van der Waals surface area contributed by atoms with Gasteiger partial charge in [0.05, 0.1) is 10.4 Å². The quantitative estimate of drug-likeness (QED) is 0.831. The number of anilines is 1. The average molecular weight is 236 g/mol. The molecule has 0 spiro atoms. The molecule has 2 nitrogen and oxygen atoms in total. The van der Waals surface area contributed by atoms with Crippen molar-refractivity contribution in [1.82, 2.24) is 4.98 Å². The van der Waals surface area contributed by atoms with E-state index >= 15 is 0 Å². The molecule has 2 rings (SSSR count). The van der Waals surface area contributed by atoms with Gasteiger partial charge in [-0.2, -0.15) is 0 Å². The summed E-state index contributed by atoms with van der Waals surface area (Å²) in [5.74, 6) is 0.980. The first-order valence-corrected chi connectivity index (χ1v) is 6.44. The Morgan fingerprint density at radius 2 is 2.20 bits per heavy atom. The Morgan fingerprint density at radius 1 is 1.40 bits per heavy atom. The van der Waals surface area contributed by atoms with Crippen LogP contribution in [0.3, 0.4) is 0 Å². The topological polar surface area (TPSA) is 38.9 Å². The molecule has 0 aliphatic heterocycles. The largest absolute Gasteiger partial charge is 0.375 e. The van der Waals surface area contributed by atoms with E-state index in [9.17, 15) is 0 Å². The van der Waals surface area contributed by atoms with Crippen LogP contribution in [0.1, 0.15) is 11.1 Å². The van der Waals surface area contributed by atoms with Gasteiger partial charge < -0.3 is 5.73 Å². The van der Waals surface area contributed by atoms with Crippen molar-refractivity contribution >= 4 is 28.2 Å². The first-order valence-electron chi connectivity index (χ1n) is 4.64. The maximum Gasteiger partial charge on any atom is 0.181 e. The highest BCUT2D eigenvalue weighted by atomic mass is 32.2. The van der Waals surface area contributed by atoms with Crippen LogP contribution < -0.4 is 5.73 Å². The van der Waals surface area contributed by atoms with Gasteiger partial charge in [0.2, 0.25) is 0 Å².